The maximum absolute atomic E-state index is 4.14. The highest BCUT2D eigenvalue weighted by atomic mass is 15.3. The van der Waals surface area contributed by atoms with E-state index in [-0.39, 0.29) is 0 Å². The number of fused-ring (bicyclic) bond motifs is 1. The van der Waals surface area contributed by atoms with Gasteiger partial charge in [0, 0.05) is 20.1 Å². The van der Waals surface area contributed by atoms with Crippen LogP contribution < -0.4 is 0 Å². The van der Waals surface area contributed by atoms with Gasteiger partial charge >= 0.3 is 0 Å². The van der Waals surface area contributed by atoms with E-state index in [0.29, 0.717) is 0 Å². The minimum absolute atomic E-state index is 0.880. The van der Waals surface area contributed by atoms with Crippen molar-refractivity contribution in [3.63, 3.8) is 0 Å². The van der Waals surface area contributed by atoms with Gasteiger partial charge in [-0.15, -0.1) is 10.2 Å². The van der Waals surface area contributed by atoms with Gasteiger partial charge in [0.2, 0.25) is 0 Å². The molecule has 0 saturated heterocycles. The van der Waals surface area contributed by atoms with Crippen molar-refractivity contribution in [1.29, 1.82) is 0 Å². The van der Waals surface area contributed by atoms with Gasteiger partial charge in [-0.25, -0.2) is 0 Å². The van der Waals surface area contributed by atoms with E-state index in [1.807, 2.05) is 11.6 Å². The average Bonchev–Trinajstić information content (AvgIpc) is 2.75. The van der Waals surface area contributed by atoms with Crippen molar-refractivity contribution >= 4 is 0 Å². The van der Waals surface area contributed by atoms with Crippen LogP contribution in [0.4, 0.5) is 0 Å². The van der Waals surface area contributed by atoms with E-state index in [9.17, 15) is 0 Å². The number of nitrogens with zero attached hydrogens (tertiary/aromatic N) is 4. The minimum atomic E-state index is 0.880. The van der Waals surface area contributed by atoms with E-state index >= 15 is 0 Å². The van der Waals surface area contributed by atoms with Crippen LogP contribution in [0.5, 0.6) is 0 Å². The molecule has 0 amide bonds. The Labute approximate surface area is 101 Å². The normalized spacial score (nSPS) is 15.8. The molecule has 0 atom stereocenters. The number of benzene rings is 1. The fourth-order valence-electron chi connectivity index (χ4n) is 2.34. The topological polar surface area (TPSA) is 34.0 Å². The molecule has 2 aromatic rings. The van der Waals surface area contributed by atoms with Gasteiger partial charge in [-0.3, -0.25) is 4.90 Å². The molecule has 0 fully saturated rings. The van der Waals surface area contributed by atoms with Crippen LogP contribution in [-0.2, 0) is 26.6 Å². The van der Waals surface area contributed by atoms with Crippen LogP contribution in [0.3, 0.4) is 0 Å². The molecule has 4 nitrogen and oxygen atoms in total. The second-order valence-corrected chi connectivity index (χ2v) is 4.59. The second-order valence-electron chi connectivity index (χ2n) is 4.59. The van der Waals surface area contributed by atoms with Crippen LogP contribution >= 0.6 is 0 Å². The molecule has 0 unspecified atom stereocenters. The van der Waals surface area contributed by atoms with Gasteiger partial charge in [-0.2, -0.15) is 0 Å². The molecular weight excluding hydrogens is 212 g/mol. The van der Waals surface area contributed by atoms with E-state index < -0.39 is 0 Å². The molecule has 88 valence electrons. The monoisotopic (exact) mass is 228 g/mol. The van der Waals surface area contributed by atoms with E-state index in [4.69, 9.17) is 0 Å². The summed E-state index contributed by atoms with van der Waals surface area (Å²) in [6.07, 6.45) is 2.89. The Bertz CT molecular complexity index is 518. The summed E-state index contributed by atoms with van der Waals surface area (Å²) in [6, 6.07) is 8.69. The first-order valence-electron chi connectivity index (χ1n) is 5.95. The zero-order valence-corrected chi connectivity index (χ0v) is 10.0. The van der Waals surface area contributed by atoms with Crippen molar-refractivity contribution in [2.45, 2.75) is 19.5 Å². The lowest BCUT2D eigenvalue weighted by Crippen LogP contribution is -2.30. The predicted octanol–water partition coefficient (Wildman–Crippen LogP) is 1.37. The summed E-state index contributed by atoms with van der Waals surface area (Å²) >= 11 is 0. The molecule has 1 aromatic carbocycles. The number of aromatic nitrogens is 3. The van der Waals surface area contributed by atoms with Crippen LogP contribution in [-0.4, -0.2) is 26.2 Å². The van der Waals surface area contributed by atoms with E-state index in [0.717, 1.165) is 31.9 Å². The lowest BCUT2D eigenvalue weighted by Gasteiger charge is -2.28. The molecule has 1 aliphatic rings. The zero-order valence-electron chi connectivity index (χ0n) is 10.0. The van der Waals surface area contributed by atoms with Gasteiger partial charge in [-0.1, -0.05) is 24.3 Å². The summed E-state index contributed by atoms with van der Waals surface area (Å²) in [5.41, 5.74) is 2.93. The summed E-state index contributed by atoms with van der Waals surface area (Å²) < 4.78 is 1.99. The van der Waals surface area contributed by atoms with Crippen molar-refractivity contribution < 1.29 is 0 Å². The van der Waals surface area contributed by atoms with Crippen molar-refractivity contribution in [3.8, 4) is 0 Å². The van der Waals surface area contributed by atoms with Gasteiger partial charge in [0.25, 0.3) is 0 Å². The van der Waals surface area contributed by atoms with Gasteiger partial charge in [-0.05, 0) is 17.5 Å². The molecule has 2 heterocycles. The number of rotatable bonds is 2. The third-order valence-corrected chi connectivity index (χ3v) is 3.38. The fourth-order valence-corrected chi connectivity index (χ4v) is 2.34. The first-order chi connectivity index (χ1) is 8.33. The van der Waals surface area contributed by atoms with Crippen molar-refractivity contribution in [2.24, 2.45) is 7.05 Å². The Balaban J connectivity index is 1.74. The van der Waals surface area contributed by atoms with Crippen LogP contribution in [0, 0.1) is 0 Å². The molecule has 1 aliphatic heterocycles. The van der Waals surface area contributed by atoms with Crippen LogP contribution in [0.2, 0.25) is 0 Å². The molecule has 0 saturated carbocycles. The van der Waals surface area contributed by atoms with Crippen molar-refractivity contribution in [2.75, 3.05) is 6.54 Å². The number of hydrogen-bond donors (Lipinski definition) is 0. The standard InChI is InChI=1S/C13H16N4/c1-16-10-14-15-13(16)9-17-7-6-11-4-2-3-5-12(11)8-17/h2-5,10H,6-9H2,1H3. The number of aryl methyl sites for hydroxylation is 1. The largest absolute Gasteiger partial charge is 0.320 e. The van der Waals surface area contributed by atoms with Crippen molar-refractivity contribution in [1.82, 2.24) is 19.7 Å². The van der Waals surface area contributed by atoms with Crippen LogP contribution in [0.1, 0.15) is 17.0 Å². The van der Waals surface area contributed by atoms with E-state index in [2.05, 4.69) is 39.4 Å². The predicted molar refractivity (Wildman–Crippen MR) is 65.3 cm³/mol. The summed E-state index contributed by atoms with van der Waals surface area (Å²) in [7, 11) is 1.99. The fraction of sp³-hybridized carbons (Fsp3) is 0.385. The molecule has 3 rings (SSSR count). The van der Waals surface area contributed by atoms with Gasteiger partial charge in [0.05, 0.1) is 6.54 Å². The highest BCUT2D eigenvalue weighted by Crippen LogP contribution is 2.19. The highest BCUT2D eigenvalue weighted by Gasteiger charge is 2.17. The van der Waals surface area contributed by atoms with Gasteiger partial charge < -0.3 is 4.57 Å². The van der Waals surface area contributed by atoms with Crippen molar-refractivity contribution in [3.05, 3.63) is 47.5 Å². The lowest BCUT2D eigenvalue weighted by molar-refractivity contribution is 0.237. The SMILES string of the molecule is Cn1cnnc1CN1CCc2ccccc2C1. The maximum atomic E-state index is 4.14. The Morgan fingerprint density at radius 1 is 1.24 bits per heavy atom. The summed E-state index contributed by atoms with van der Waals surface area (Å²) in [5.74, 6) is 1.03. The summed E-state index contributed by atoms with van der Waals surface area (Å²) in [4.78, 5) is 2.42. The van der Waals surface area contributed by atoms with E-state index in [1.54, 1.807) is 6.33 Å². The second kappa shape index (κ2) is 4.30. The molecule has 0 N–H and O–H groups in total. The Morgan fingerprint density at radius 2 is 2.06 bits per heavy atom. The molecule has 17 heavy (non-hydrogen) atoms. The quantitative estimate of drug-likeness (QED) is 0.778. The molecule has 0 bridgehead atoms. The summed E-state index contributed by atoms with van der Waals surface area (Å²) in [6.45, 7) is 3.00. The van der Waals surface area contributed by atoms with E-state index in [1.165, 1.54) is 11.1 Å². The highest BCUT2D eigenvalue weighted by molar-refractivity contribution is 5.29. The van der Waals surface area contributed by atoms with Crippen LogP contribution in [0.15, 0.2) is 30.6 Å². The Kier molecular flexibility index (Phi) is 2.65. The molecule has 0 spiro atoms. The van der Waals surface area contributed by atoms with Gasteiger partial charge in [0.1, 0.15) is 12.2 Å². The first-order valence-corrected chi connectivity index (χ1v) is 5.95. The summed E-state index contributed by atoms with van der Waals surface area (Å²) in [5, 5.41) is 8.05. The molecule has 0 aliphatic carbocycles. The maximum Gasteiger partial charge on any atom is 0.146 e. The number of hydrogen-bond acceptors (Lipinski definition) is 3. The molecule has 0 radical (unpaired) electrons. The third kappa shape index (κ3) is 2.08. The van der Waals surface area contributed by atoms with Crippen LogP contribution in [0.25, 0.3) is 0 Å². The lowest BCUT2D eigenvalue weighted by atomic mass is 10.00. The zero-order chi connectivity index (χ0) is 11.7. The first kappa shape index (κ1) is 10.5. The molecular formula is C13H16N4. The molecule has 1 aromatic heterocycles. The smallest absolute Gasteiger partial charge is 0.146 e. The average molecular weight is 228 g/mol. The third-order valence-electron chi connectivity index (χ3n) is 3.38. The van der Waals surface area contributed by atoms with Gasteiger partial charge in [0.15, 0.2) is 0 Å². The Hall–Kier alpha value is -1.68. The Morgan fingerprint density at radius 3 is 2.82 bits per heavy atom. The molecule has 4 heteroatoms. The minimum Gasteiger partial charge on any atom is -0.320 e.